The fraction of sp³-hybridized carbons (Fsp3) is 0.167. The van der Waals surface area contributed by atoms with E-state index in [1.807, 2.05) is 30.5 Å². The normalized spacial score (nSPS) is 24.9. The minimum atomic E-state index is -0.920. The number of aliphatic hydroxyl groups excluding tert-OH is 2. The minimum Gasteiger partial charge on any atom is -0.399 e. The first kappa shape index (κ1) is 9.45. The molecule has 0 radical (unpaired) electrons. The van der Waals surface area contributed by atoms with Crippen LogP contribution in [0.2, 0.25) is 0 Å². The van der Waals surface area contributed by atoms with Crippen LogP contribution in [0.5, 0.6) is 0 Å². The molecule has 0 bridgehead atoms. The van der Waals surface area contributed by atoms with Crippen molar-refractivity contribution in [3.8, 4) is 0 Å². The molecule has 3 rings (SSSR count). The van der Waals surface area contributed by atoms with Gasteiger partial charge in [-0.15, -0.1) is 0 Å². The Bertz CT molecular complexity index is 585. The van der Waals surface area contributed by atoms with Crippen LogP contribution >= 0.6 is 0 Å². The van der Waals surface area contributed by atoms with Gasteiger partial charge in [-0.1, -0.05) is 6.07 Å². The number of aromatic nitrogens is 1. The minimum absolute atomic E-state index is 0.363. The number of H-pyrrole nitrogens is 1. The van der Waals surface area contributed by atoms with Gasteiger partial charge < -0.3 is 20.9 Å². The van der Waals surface area contributed by atoms with Crippen LogP contribution in [0.25, 0.3) is 16.5 Å². The third-order valence-corrected chi connectivity index (χ3v) is 3.09. The van der Waals surface area contributed by atoms with Crippen molar-refractivity contribution >= 4 is 16.5 Å². The van der Waals surface area contributed by atoms with Crippen molar-refractivity contribution in [1.82, 2.24) is 4.98 Å². The van der Waals surface area contributed by atoms with Crippen LogP contribution < -0.4 is 5.73 Å². The van der Waals surface area contributed by atoms with Crippen molar-refractivity contribution in [3.63, 3.8) is 0 Å². The van der Waals surface area contributed by atoms with Gasteiger partial charge in [-0.2, -0.15) is 0 Å². The van der Waals surface area contributed by atoms with E-state index >= 15 is 0 Å². The van der Waals surface area contributed by atoms with Gasteiger partial charge in [0.2, 0.25) is 0 Å². The summed E-state index contributed by atoms with van der Waals surface area (Å²) in [6, 6.07) is 7.72. The maximum absolute atomic E-state index is 9.63. The summed E-state index contributed by atoms with van der Waals surface area (Å²) in [5.41, 5.74) is 8.57. The fourth-order valence-electron chi connectivity index (χ4n) is 2.12. The van der Waals surface area contributed by atoms with Crippen molar-refractivity contribution in [2.45, 2.75) is 12.2 Å². The average molecular weight is 216 g/mol. The Morgan fingerprint density at radius 2 is 1.94 bits per heavy atom. The molecule has 0 amide bonds. The topological polar surface area (TPSA) is 82.3 Å². The number of benzene rings is 1. The van der Waals surface area contributed by atoms with Crippen LogP contribution in [-0.4, -0.2) is 27.4 Å². The number of fused-ring (bicyclic) bond motifs is 1. The number of rotatable bonds is 1. The molecule has 0 saturated heterocycles. The second-order valence-corrected chi connectivity index (χ2v) is 4.04. The highest BCUT2D eigenvalue weighted by molar-refractivity contribution is 5.87. The zero-order chi connectivity index (χ0) is 11.3. The number of nitrogens with one attached hydrogen (secondary N) is 1. The molecule has 82 valence electrons. The molecule has 5 N–H and O–H groups in total. The smallest absolute Gasteiger partial charge is 0.124 e. The highest BCUT2D eigenvalue weighted by Gasteiger charge is 2.36. The lowest BCUT2D eigenvalue weighted by Gasteiger charge is -2.33. The van der Waals surface area contributed by atoms with Gasteiger partial charge >= 0.3 is 0 Å². The first-order valence-electron chi connectivity index (χ1n) is 5.11. The molecule has 0 aliphatic heterocycles. The number of hydrogen-bond acceptors (Lipinski definition) is 3. The lowest BCUT2D eigenvalue weighted by atomic mass is 9.83. The average Bonchev–Trinajstić information content (AvgIpc) is 2.76. The molecule has 1 aromatic carbocycles. The third-order valence-electron chi connectivity index (χ3n) is 3.09. The summed E-state index contributed by atoms with van der Waals surface area (Å²) < 4.78 is 0. The van der Waals surface area contributed by atoms with E-state index in [2.05, 4.69) is 4.98 Å². The van der Waals surface area contributed by atoms with Gasteiger partial charge in [0.25, 0.3) is 0 Å². The van der Waals surface area contributed by atoms with Crippen LogP contribution in [0.15, 0.2) is 36.2 Å². The molecule has 0 fully saturated rings. The quantitative estimate of drug-likeness (QED) is 0.562. The zero-order valence-electron chi connectivity index (χ0n) is 8.51. The summed E-state index contributed by atoms with van der Waals surface area (Å²) in [5.74, 6) is 0. The summed E-state index contributed by atoms with van der Waals surface area (Å²) in [5, 5.41) is 20.0. The maximum Gasteiger partial charge on any atom is 0.124 e. The summed E-state index contributed by atoms with van der Waals surface area (Å²) in [6.07, 6.45) is 0.0754. The molecule has 2 aromatic rings. The van der Waals surface area contributed by atoms with Gasteiger partial charge in [0.05, 0.1) is 0 Å². The Labute approximate surface area is 92.0 Å². The lowest BCUT2D eigenvalue weighted by Crippen LogP contribution is -2.43. The molecule has 4 heteroatoms. The van der Waals surface area contributed by atoms with Gasteiger partial charge in [0, 0.05) is 23.0 Å². The Hall–Kier alpha value is -1.78. The molecule has 0 spiro atoms. The molecular formula is C12H12N2O2. The van der Waals surface area contributed by atoms with Gasteiger partial charge in [-0.05, 0) is 29.1 Å². The molecule has 1 heterocycles. The zero-order valence-corrected chi connectivity index (χ0v) is 8.51. The van der Waals surface area contributed by atoms with Crippen LogP contribution in [0, 0.1) is 0 Å². The molecule has 0 saturated carbocycles. The van der Waals surface area contributed by atoms with E-state index in [1.54, 1.807) is 0 Å². The Morgan fingerprint density at radius 3 is 2.69 bits per heavy atom. The molecule has 4 nitrogen and oxygen atoms in total. The number of aliphatic hydroxyl groups is 2. The van der Waals surface area contributed by atoms with Gasteiger partial charge in [-0.25, -0.2) is 0 Å². The van der Waals surface area contributed by atoms with Crippen LogP contribution in [0.1, 0.15) is 5.56 Å². The van der Waals surface area contributed by atoms with E-state index in [0.29, 0.717) is 11.3 Å². The Morgan fingerprint density at radius 1 is 1.12 bits per heavy atom. The number of nitrogens with two attached hydrogens (primary N) is 1. The monoisotopic (exact) mass is 216 g/mol. The number of hydrogen-bond donors (Lipinski definition) is 4. The third kappa shape index (κ3) is 1.11. The molecular weight excluding hydrogens is 204 g/mol. The van der Waals surface area contributed by atoms with Crippen molar-refractivity contribution in [2.75, 3.05) is 0 Å². The van der Waals surface area contributed by atoms with Crippen LogP contribution in [0.3, 0.4) is 0 Å². The predicted octanol–water partition coefficient (Wildman–Crippen LogP) is 0.573. The molecule has 16 heavy (non-hydrogen) atoms. The molecule has 1 aliphatic carbocycles. The van der Waals surface area contributed by atoms with E-state index in [4.69, 9.17) is 5.73 Å². The largest absolute Gasteiger partial charge is 0.399 e. The van der Waals surface area contributed by atoms with E-state index in [-0.39, 0.29) is 0 Å². The van der Waals surface area contributed by atoms with E-state index < -0.39 is 12.2 Å². The second kappa shape index (κ2) is 3.10. The highest BCUT2D eigenvalue weighted by Crippen LogP contribution is 2.34. The Balaban J connectivity index is 2.13. The van der Waals surface area contributed by atoms with Crippen LogP contribution in [-0.2, 0) is 0 Å². The fourth-order valence-corrected chi connectivity index (χ4v) is 2.12. The van der Waals surface area contributed by atoms with E-state index in [9.17, 15) is 10.2 Å². The number of aromatic amines is 1. The first-order valence-corrected chi connectivity index (χ1v) is 5.11. The standard InChI is InChI=1S/C12H12N2O2/c13-10-9(11(15)12(10)16)7-1-2-8-6(5-7)3-4-14-8/h1-5,11-12,14-16H,13H2. The maximum atomic E-state index is 9.63. The van der Waals surface area contributed by atoms with Crippen molar-refractivity contribution in [2.24, 2.45) is 5.73 Å². The van der Waals surface area contributed by atoms with Crippen molar-refractivity contribution in [3.05, 3.63) is 41.7 Å². The van der Waals surface area contributed by atoms with Gasteiger partial charge in [0.1, 0.15) is 12.2 Å². The Kier molecular flexibility index (Phi) is 1.83. The van der Waals surface area contributed by atoms with Crippen molar-refractivity contribution in [1.29, 1.82) is 0 Å². The summed E-state index contributed by atoms with van der Waals surface area (Å²) in [4.78, 5) is 3.09. The van der Waals surface area contributed by atoms with Gasteiger partial charge in [0.15, 0.2) is 0 Å². The summed E-state index contributed by atoms with van der Waals surface area (Å²) >= 11 is 0. The molecule has 1 aliphatic rings. The highest BCUT2D eigenvalue weighted by atomic mass is 16.3. The molecule has 2 unspecified atom stereocenters. The summed E-state index contributed by atoms with van der Waals surface area (Å²) in [6.45, 7) is 0. The van der Waals surface area contributed by atoms with Crippen LogP contribution in [0.4, 0.5) is 0 Å². The summed E-state index contributed by atoms with van der Waals surface area (Å²) in [7, 11) is 0. The molecule has 1 aromatic heterocycles. The lowest BCUT2D eigenvalue weighted by molar-refractivity contribution is 0.0573. The molecule has 2 atom stereocenters. The van der Waals surface area contributed by atoms with Gasteiger partial charge in [-0.3, -0.25) is 0 Å². The SMILES string of the molecule is NC1=C(c2ccc3[nH]ccc3c2)C(O)C1O. The predicted molar refractivity (Wildman–Crippen MR) is 61.4 cm³/mol. The van der Waals surface area contributed by atoms with Crippen molar-refractivity contribution < 1.29 is 10.2 Å². The first-order chi connectivity index (χ1) is 7.68. The second-order valence-electron chi connectivity index (χ2n) is 4.04. The van der Waals surface area contributed by atoms with E-state index in [1.165, 1.54) is 0 Å². The van der Waals surface area contributed by atoms with E-state index in [0.717, 1.165) is 16.5 Å².